The minimum absolute atomic E-state index is 0. The van der Waals surface area contributed by atoms with Gasteiger partial charge in [-0.2, -0.15) is 0 Å². The van der Waals surface area contributed by atoms with Crippen molar-refractivity contribution < 1.29 is 34.6 Å². The van der Waals surface area contributed by atoms with Gasteiger partial charge >= 0.3 is 0 Å². The van der Waals surface area contributed by atoms with Crippen molar-refractivity contribution in [2.24, 2.45) is 0 Å². The molecule has 0 bridgehead atoms. The summed E-state index contributed by atoms with van der Waals surface area (Å²) in [5.41, 5.74) is 14.7. The Morgan fingerprint density at radius 3 is 1.97 bits per heavy atom. The van der Waals surface area contributed by atoms with E-state index in [0.717, 1.165) is 106 Å². The Morgan fingerprint density at radius 1 is 0.521 bits per heavy atom. The van der Waals surface area contributed by atoms with Crippen molar-refractivity contribution in [3.63, 3.8) is 0 Å². The summed E-state index contributed by atoms with van der Waals surface area (Å²) in [6, 6.07) is 75.9. The normalized spacial score (nSPS) is 12.6. The van der Waals surface area contributed by atoms with E-state index in [2.05, 4.69) is 173 Å². The van der Waals surface area contributed by atoms with Crippen LogP contribution in [-0.2, 0) is 21.1 Å². The summed E-state index contributed by atoms with van der Waals surface area (Å²) in [6.07, 6.45) is 1.79. The van der Waals surface area contributed by atoms with Crippen LogP contribution in [-0.4, -0.2) is 18.9 Å². The Hall–Kier alpha value is -8.91. The van der Waals surface area contributed by atoms with Crippen LogP contribution in [0.1, 0.15) is 0 Å². The zero-order valence-corrected chi connectivity index (χ0v) is 39.7. The fourth-order valence-corrected chi connectivity index (χ4v) is 10.4. The van der Waals surface area contributed by atoms with Gasteiger partial charge in [-0.3, -0.25) is 4.57 Å². The Bertz CT molecular complexity index is 4330. The molecular weight excluding hydrogens is 1060 g/mol. The Morgan fingerprint density at radius 2 is 1.20 bits per heavy atom. The van der Waals surface area contributed by atoms with Crippen molar-refractivity contribution in [1.82, 2.24) is 18.9 Å². The number of fused-ring (bicyclic) bond motifs is 12. The first kappa shape index (κ1) is 41.1. The second-order valence-corrected chi connectivity index (χ2v) is 17.5. The van der Waals surface area contributed by atoms with Crippen LogP contribution >= 0.6 is 0 Å². The number of ether oxygens (including phenoxy) is 1. The van der Waals surface area contributed by atoms with E-state index in [1.165, 1.54) is 0 Å². The van der Waals surface area contributed by atoms with E-state index in [-0.39, 0.29) is 21.1 Å². The average Bonchev–Trinajstić information content (AvgIpc) is 4.24. The first-order chi connectivity index (χ1) is 34.7. The van der Waals surface area contributed by atoms with Gasteiger partial charge in [0.15, 0.2) is 0 Å². The molecule has 0 aliphatic carbocycles. The van der Waals surface area contributed by atoms with Gasteiger partial charge in [0.1, 0.15) is 22.6 Å². The van der Waals surface area contributed by atoms with E-state index in [0.29, 0.717) is 28.5 Å². The van der Waals surface area contributed by atoms with Crippen molar-refractivity contribution in [3.05, 3.63) is 225 Å². The van der Waals surface area contributed by atoms with Gasteiger partial charge < -0.3 is 27.8 Å². The summed E-state index contributed by atoms with van der Waals surface area (Å²) in [6.45, 7) is 2.16. The van der Waals surface area contributed by atoms with Crippen LogP contribution in [0.15, 0.2) is 215 Å². The maximum atomic E-state index is 7.04. The van der Waals surface area contributed by atoms with E-state index in [1.54, 1.807) is 6.20 Å². The fourth-order valence-electron chi connectivity index (χ4n) is 10.4. The van der Waals surface area contributed by atoms with Crippen molar-refractivity contribution >= 4 is 94.5 Å². The first-order valence-electron chi connectivity index (χ1n) is 23.1. The molecule has 15 rings (SSSR count). The molecule has 5 aromatic heterocycles. The van der Waals surface area contributed by atoms with Crippen molar-refractivity contribution in [2.45, 2.75) is 0 Å². The summed E-state index contributed by atoms with van der Waals surface area (Å²) >= 11 is 0. The van der Waals surface area contributed by atoms with Gasteiger partial charge in [0, 0.05) is 77.4 Å². The van der Waals surface area contributed by atoms with Gasteiger partial charge in [0.25, 0.3) is 0 Å². The van der Waals surface area contributed by atoms with Gasteiger partial charge in [-0.1, -0.05) is 138 Å². The molecular formula is C61H35N6O3Pt-3. The van der Waals surface area contributed by atoms with E-state index < -0.39 is 0 Å². The van der Waals surface area contributed by atoms with Gasteiger partial charge in [-0.05, 0) is 76.8 Å². The van der Waals surface area contributed by atoms with Gasteiger partial charge in [0.05, 0.1) is 22.4 Å². The van der Waals surface area contributed by atoms with E-state index >= 15 is 0 Å². The van der Waals surface area contributed by atoms with Crippen LogP contribution in [0, 0.1) is 18.8 Å². The molecule has 6 heterocycles. The van der Waals surface area contributed by atoms with E-state index in [1.807, 2.05) is 65.2 Å². The number of nitrogens with zero attached hydrogens (tertiary/aromatic N) is 6. The third kappa shape index (κ3) is 6.36. The number of anilines is 4. The molecule has 0 amide bonds. The van der Waals surface area contributed by atoms with Crippen LogP contribution < -0.4 is 14.5 Å². The SMILES string of the molecule is [Pt].[c-]1c(N2[CH-]N(c3c(-c4ccccc4)cccc3-c3ccccc3)c3ccccc32)cc2c(oc3cc4c(cc32)oc2ccccc24)c1Oc1[c-]c2c(cc1)n1c3ccccc3nc1n2-c1ccccn1. The molecule has 9 aromatic carbocycles. The minimum Gasteiger partial charge on any atom is -0.512 e. The standard InChI is InChI=1S/C61H35N6O3.Pt/c1-3-16-38(17-4-1)42-21-15-22-43(39-18-5-2-6-19-39)59(42)65-37-64(50-25-10-11-26-51(50)65)40-32-47-46-36-55-45(44-20-7-12-27-54(44)69-55)35-56(46)70-60(47)57(33-40)68-41-29-30-52-53(34-41)67(58-28-13-14-31-62-58)61-63-48-23-8-9-24-49(48)66(52)61;/h1-32,35-37H;/q-3;. The molecule has 0 unspecified atom stereocenters. The molecule has 9 nitrogen and oxygen atoms in total. The van der Waals surface area contributed by atoms with Crippen molar-refractivity contribution in [2.75, 3.05) is 9.80 Å². The number of para-hydroxylation sites is 6. The van der Waals surface area contributed by atoms with Gasteiger partial charge in [-0.25, -0.2) is 9.97 Å². The molecule has 0 radical (unpaired) electrons. The zero-order valence-electron chi connectivity index (χ0n) is 37.4. The summed E-state index contributed by atoms with van der Waals surface area (Å²) in [7, 11) is 0. The van der Waals surface area contributed by atoms with E-state index in [9.17, 15) is 0 Å². The predicted octanol–water partition coefficient (Wildman–Crippen LogP) is 15.8. The van der Waals surface area contributed by atoms with Gasteiger partial charge in [-0.15, -0.1) is 37.0 Å². The number of pyridine rings is 1. The number of imidazole rings is 2. The number of rotatable bonds is 7. The topological polar surface area (TPSA) is 77.1 Å². The Balaban J connectivity index is 0.00000470. The molecule has 0 fully saturated rings. The zero-order chi connectivity index (χ0) is 45.9. The molecule has 0 saturated heterocycles. The number of hydrogen-bond acceptors (Lipinski definition) is 7. The molecule has 1 aliphatic heterocycles. The van der Waals surface area contributed by atoms with Crippen LogP contribution in [0.4, 0.5) is 22.7 Å². The first-order valence-corrected chi connectivity index (χ1v) is 23.1. The number of aromatic nitrogens is 4. The molecule has 10 heteroatoms. The van der Waals surface area contributed by atoms with Crippen LogP contribution in [0.5, 0.6) is 11.5 Å². The summed E-state index contributed by atoms with van der Waals surface area (Å²) in [5, 5.41) is 3.74. The van der Waals surface area contributed by atoms with E-state index in [4.69, 9.17) is 23.5 Å². The maximum Gasteiger partial charge on any atom is 0.208 e. The number of benzene rings is 9. The smallest absolute Gasteiger partial charge is 0.208 e. The third-order valence-electron chi connectivity index (χ3n) is 13.5. The maximum absolute atomic E-state index is 7.04. The molecule has 0 spiro atoms. The summed E-state index contributed by atoms with van der Waals surface area (Å²) in [4.78, 5) is 14.3. The fraction of sp³-hybridized carbons (Fsp3) is 0. The second-order valence-electron chi connectivity index (χ2n) is 17.5. The molecule has 0 saturated carbocycles. The predicted molar refractivity (Wildman–Crippen MR) is 278 cm³/mol. The second kappa shape index (κ2) is 16.1. The monoisotopic (exact) mass is 1090 g/mol. The quantitative estimate of drug-likeness (QED) is 0.147. The van der Waals surface area contributed by atoms with Crippen LogP contribution in [0.2, 0.25) is 0 Å². The van der Waals surface area contributed by atoms with Gasteiger partial charge in [0.2, 0.25) is 5.78 Å². The van der Waals surface area contributed by atoms with Crippen LogP contribution in [0.3, 0.4) is 0 Å². The Labute approximate surface area is 420 Å². The summed E-state index contributed by atoms with van der Waals surface area (Å²) < 4.78 is 24.5. The molecule has 71 heavy (non-hydrogen) atoms. The third-order valence-corrected chi connectivity index (χ3v) is 13.5. The minimum atomic E-state index is 0. The molecule has 1 aliphatic rings. The summed E-state index contributed by atoms with van der Waals surface area (Å²) in [5.74, 6) is 2.33. The van der Waals surface area contributed by atoms with Crippen molar-refractivity contribution in [3.8, 4) is 39.6 Å². The largest absolute Gasteiger partial charge is 0.512 e. The average molecular weight is 1100 g/mol. The molecule has 14 aromatic rings. The number of hydrogen-bond donors (Lipinski definition) is 0. The van der Waals surface area contributed by atoms with Crippen molar-refractivity contribution in [1.29, 1.82) is 0 Å². The number of furan rings is 2. The molecule has 0 atom stereocenters. The molecule has 0 N–H and O–H groups in total. The van der Waals surface area contributed by atoms with Crippen LogP contribution in [0.25, 0.3) is 99.8 Å². The Kier molecular flexibility index (Phi) is 9.31. The molecule has 340 valence electrons.